The van der Waals surface area contributed by atoms with Crippen LogP contribution >= 0.6 is 11.8 Å². The Hall–Kier alpha value is -0.820. The summed E-state index contributed by atoms with van der Waals surface area (Å²) >= 11 is 1.17. The lowest BCUT2D eigenvalue weighted by molar-refractivity contribution is -0.111. The number of nitriles is 1. The standard InChI is InChI=1S/C8H12N2OS/c1-4-12-8(11)7(5-9)6(2)10-3/h7H,4H2,1-3H3. The molecule has 0 radical (unpaired) electrons. The molecule has 0 aliphatic heterocycles. The SMILES string of the molecule is CCSC(=O)C(C#N)C(C)=NC. The summed E-state index contributed by atoms with van der Waals surface area (Å²) in [5, 5.41) is 8.55. The molecule has 0 N–H and O–H groups in total. The van der Waals surface area contributed by atoms with Crippen LogP contribution in [0.1, 0.15) is 13.8 Å². The van der Waals surface area contributed by atoms with Crippen molar-refractivity contribution in [2.45, 2.75) is 13.8 Å². The van der Waals surface area contributed by atoms with Crippen LogP contribution in [-0.4, -0.2) is 23.6 Å². The van der Waals surface area contributed by atoms with Crippen molar-refractivity contribution in [3.8, 4) is 6.07 Å². The van der Waals surface area contributed by atoms with Crippen molar-refractivity contribution >= 4 is 22.6 Å². The van der Waals surface area contributed by atoms with Gasteiger partial charge < -0.3 is 0 Å². The first kappa shape index (κ1) is 11.2. The maximum atomic E-state index is 11.2. The molecule has 0 aromatic heterocycles. The molecule has 0 bridgehead atoms. The predicted molar refractivity (Wildman–Crippen MR) is 51.3 cm³/mol. The van der Waals surface area contributed by atoms with Gasteiger partial charge in [-0.2, -0.15) is 5.26 Å². The van der Waals surface area contributed by atoms with Crippen molar-refractivity contribution in [1.29, 1.82) is 5.26 Å². The van der Waals surface area contributed by atoms with Gasteiger partial charge in [0.1, 0.15) is 0 Å². The number of thioether (sulfide) groups is 1. The smallest absolute Gasteiger partial charge is 0.211 e. The zero-order chi connectivity index (χ0) is 9.56. The van der Waals surface area contributed by atoms with Crippen LogP contribution in [0.25, 0.3) is 0 Å². The van der Waals surface area contributed by atoms with Crippen molar-refractivity contribution in [1.82, 2.24) is 0 Å². The number of nitrogens with zero attached hydrogens (tertiary/aromatic N) is 2. The summed E-state index contributed by atoms with van der Waals surface area (Å²) in [6.45, 7) is 3.58. The van der Waals surface area contributed by atoms with Gasteiger partial charge in [0, 0.05) is 12.8 Å². The number of rotatable bonds is 3. The van der Waals surface area contributed by atoms with Crippen molar-refractivity contribution in [2.24, 2.45) is 10.9 Å². The van der Waals surface area contributed by atoms with Crippen LogP contribution < -0.4 is 0 Å². The molecular formula is C8H12N2OS. The van der Waals surface area contributed by atoms with E-state index in [1.54, 1.807) is 14.0 Å². The molecule has 0 rings (SSSR count). The third kappa shape index (κ3) is 3.05. The van der Waals surface area contributed by atoms with Crippen LogP contribution in [0.4, 0.5) is 0 Å². The van der Waals surface area contributed by atoms with E-state index in [1.807, 2.05) is 13.0 Å². The molecule has 66 valence electrons. The molecule has 0 heterocycles. The van der Waals surface area contributed by atoms with Gasteiger partial charge in [0.05, 0.1) is 6.07 Å². The first-order valence-corrected chi connectivity index (χ1v) is 4.65. The average Bonchev–Trinajstić information content (AvgIpc) is 2.06. The summed E-state index contributed by atoms with van der Waals surface area (Å²) in [4.78, 5) is 15.1. The molecule has 0 fully saturated rings. The fourth-order valence-corrected chi connectivity index (χ4v) is 1.35. The highest BCUT2D eigenvalue weighted by Gasteiger charge is 2.19. The third-order valence-corrected chi connectivity index (χ3v) is 2.23. The Bertz CT molecular complexity index is 230. The molecule has 0 aliphatic rings. The van der Waals surface area contributed by atoms with Crippen molar-refractivity contribution < 1.29 is 4.79 Å². The Labute approximate surface area is 76.9 Å². The molecule has 0 aromatic rings. The van der Waals surface area contributed by atoms with Crippen LogP contribution in [0.5, 0.6) is 0 Å². The van der Waals surface area contributed by atoms with Crippen molar-refractivity contribution in [2.75, 3.05) is 12.8 Å². The second-order valence-corrected chi connectivity index (χ2v) is 3.45. The van der Waals surface area contributed by atoms with Crippen LogP contribution in [0.2, 0.25) is 0 Å². The zero-order valence-electron chi connectivity index (χ0n) is 7.50. The minimum absolute atomic E-state index is 0.108. The van der Waals surface area contributed by atoms with Crippen LogP contribution in [0.3, 0.4) is 0 Å². The Morgan fingerprint density at radius 3 is 2.67 bits per heavy atom. The number of aliphatic imine (C=N–C) groups is 1. The minimum Gasteiger partial charge on any atom is -0.296 e. The number of hydrogen-bond donors (Lipinski definition) is 0. The summed E-state index contributed by atoms with van der Waals surface area (Å²) in [7, 11) is 1.59. The summed E-state index contributed by atoms with van der Waals surface area (Å²) in [5.74, 6) is 0.0357. The number of carbonyl (C=O) groups is 1. The predicted octanol–water partition coefficient (Wildman–Crippen LogP) is 1.50. The zero-order valence-corrected chi connectivity index (χ0v) is 8.31. The van der Waals surface area contributed by atoms with Gasteiger partial charge in [-0.15, -0.1) is 0 Å². The van der Waals surface area contributed by atoms with Gasteiger partial charge in [0.15, 0.2) is 5.92 Å². The molecule has 3 nitrogen and oxygen atoms in total. The second kappa shape index (κ2) is 5.78. The van der Waals surface area contributed by atoms with Gasteiger partial charge in [0.2, 0.25) is 5.12 Å². The van der Waals surface area contributed by atoms with Crippen molar-refractivity contribution in [3.63, 3.8) is 0 Å². The molecule has 1 atom stereocenters. The highest BCUT2D eigenvalue weighted by atomic mass is 32.2. The summed E-state index contributed by atoms with van der Waals surface area (Å²) in [6, 6.07) is 1.94. The molecule has 1 unspecified atom stereocenters. The van der Waals surface area contributed by atoms with Gasteiger partial charge >= 0.3 is 0 Å². The highest BCUT2D eigenvalue weighted by molar-refractivity contribution is 8.13. The maximum absolute atomic E-state index is 11.2. The van der Waals surface area contributed by atoms with Crippen LogP contribution in [-0.2, 0) is 4.79 Å². The molecule has 4 heteroatoms. The number of carbonyl (C=O) groups excluding carboxylic acids is 1. The molecule has 0 spiro atoms. The van der Waals surface area contributed by atoms with E-state index < -0.39 is 5.92 Å². The van der Waals surface area contributed by atoms with E-state index in [9.17, 15) is 4.79 Å². The monoisotopic (exact) mass is 184 g/mol. The fourth-order valence-electron chi connectivity index (χ4n) is 0.671. The molecule has 0 amide bonds. The lowest BCUT2D eigenvalue weighted by Crippen LogP contribution is -2.17. The Kier molecular flexibility index (Phi) is 5.39. The topological polar surface area (TPSA) is 53.2 Å². The summed E-state index contributed by atoms with van der Waals surface area (Å²) < 4.78 is 0. The normalized spacial score (nSPS) is 13.7. The van der Waals surface area contributed by atoms with E-state index in [4.69, 9.17) is 5.26 Å². The maximum Gasteiger partial charge on any atom is 0.211 e. The first-order chi connectivity index (χ1) is 5.67. The van der Waals surface area contributed by atoms with E-state index >= 15 is 0 Å². The quantitative estimate of drug-likeness (QED) is 0.624. The molecule has 0 saturated heterocycles. The Balaban J connectivity index is 4.38. The average molecular weight is 184 g/mol. The second-order valence-electron chi connectivity index (χ2n) is 2.18. The van der Waals surface area contributed by atoms with Crippen LogP contribution in [0.15, 0.2) is 4.99 Å². The first-order valence-electron chi connectivity index (χ1n) is 3.66. The van der Waals surface area contributed by atoms with Gasteiger partial charge in [0.25, 0.3) is 0 Å². The Morgan fingerprint density at radius 2 is 2.33 bits per heavy atom. The van der Waals surface area contributed by atoms with E-state index in [0.29, 0.717) is 11.5 Å². The molecule has 0 aliphatic carbocycles. The minimum atomic E-state index is -0.667. The van der Waals surface area contributed by atoms with E-state index in [1.165, 1.54) is 11.8 Å². The van der Waals surface area contributed by atoms with Crippen molar-refractivity contribution in [3.05, 3.63) is 0 Å². The highest BCUT2D eigenvalue weighted by Crippen LogP contribution is 2.11. The van der Waals surface area contributed by atoms with Crippen LogP contribution in [0, 0.1) is 17.2 Å². The van der Waals surface area contributed by atoms with Gasteiger partial charge in [-0.1, -0.05) is 18.7 Å². The molecule has 12 heavy (non-hydrogen) atoms. The van der Waals surface area contributed by atoms with Gasteiger partial charge in [-0.05, 0) is 12.7 Å². The summed E-state index contributed by atoms with van der Waals surface area (Å²) in [5.41, 5.74) is 0.587. The molecule has 0 aromatic carbocycles. The lowest BCUT2D eigenvalue weighted by atomic mass is 10.1. The summed E-state index contributed by atoms with van der Waals surface area (Å²) in [6.07, 6.45) is 0. The third-order valence-electron chi connectivity index (χ3n) is 1.42. The molecular weight excluding hydrogens is 172 g/mol. The molecule has 0 saturated carbocycles. The Morgan fingerprint density at radius 1 is 1.75 bits per heavy atom. The van der Waals surface area contributed by atoms with Gasteiger partial charge in [-0.3, -0.25) is 9.79 Å². The fraction of sp³-hybridized carbons (Fsp3) is 0.625. The largest absolute Gasteiger partial charge is 0.296 e. The van der Waals surface area contributed by atoms with Gasteiger partial charge in [-0.25, -0.2) is 0 Å². The number of hydrogen-bond acceptors (Lipinski definition) is 4. The van der Waals surface area contributed by atoms with E-state index in [-0.39, 0.29) is 5.12 Å². The van der Waals surface area contributed by atoms with E-state index in [2.05, 4.69) is 4.99 Å². The van der Waals surface area contributed by atoms with E-state index in [0.717, 1.165) is 0 Å². The lowest BCUT2D eigenvalue weighted by Gasteiger charge is -2.04.